The van der Waals surface area contributed by atoms with Gasteiger partial charge in [-0.25, -0.2) is 0 Å². The van der Waals surface area contributed by atoms with E-state index in [1.165, 1.54) is 0 Å². The molecule has 1 atom stereocenters. The number of hydrogen-bond donors (Lipinski definition) is 1. The van der Waals surface area contributed by atoms with Crippen LogP contribution in [0.5, 0.6) is 0 Å². The minimum atomic E-state index is -0.429. The number of amides is 2. The Balaban J connectivity index is 1.59. The van der Waals surface area contributed by atoms with Gasteiger partial charge in [0, 0.05) is 45.2 Å². The molecule has 0 aliphatic carbocycles. The molecular formula is C23H34N4O4. The van der Waals surface area contributed by atoms with Gasteiger partial charge >= 0.3 is 5.97 Å². The van der Waals surface area contributed by atoms with Gasteiger partial charge in [-0.15, -0.1) is 0 Å². The molecule has 8 heteroatoms. The molecule has 0 saturated carbocycles. The smallest absolute Gasteiger partial charge is 0.325 e. The number of piperazine rings is 1. The highest BCUT2D eigenvalue weighted by Crippen LogP contribution is 2.27. The molecule has 0 unspecified atom stereocenters. The van der Waals surface area contributed by atoms with Crippen molar-refractivity contribution in [3.63, 3.8) is 0 Å². The number of nitrogens with one attached hydrogen (secondary N) is 1. The summed E-state index contributed by atoms with van der Waals surface area (Å²) in [6, 6.07) is 9.68. The van der Waals surface area contributed by atoms with E-state index in [9.17, 15) is 14.4 Å². The molecule has 1 aromatic rings. The number of esters is 1. The number of carbonyl (C=O) groups excluding carboxylic acids is 3. The Labute approximate surface area is 184 Å². The highest BCUT2D eigenvalue weighted by Gasteiger charge is 2.35. The van der Waals surface area contributed by atoms with Crippen molar-refractivity contribution in [3.05, 3.63) is 35.9 Å². The molecule has 170 valence electrons. The Bertz CT molecular complexity index is 741. The van der Waals surface area contributed by atoms with Gasteiger partial charge in [-0.05, 0) is 32.4 Å². The van der Waals surface area contributed by atoms with Gasteiger partial charge in [0.15, 0.2) is 0 Å². The lowest BCUT2D eigenvalue weighted by molar-refractivity contribution is -0.144. The number of rotatable bonds is 7. The molecule has 2 aliphatic rings. The normalized spacial score (nSPS) is 19.6. The first-order chi connectivity index (χ1) is 15.0. The molecule has 0 radical (unpaired) electrons. The lowest BCUT2D eigenvalue weighted by atomic mass is 9.94. The van der Waals surface area contributed by atoms with Crippen LogP contribution in [0, 0.1) is 5.92 Å². The summed E-state index contributed by atoms with van der Waals surface area (Å²) >= 11 is 0. The minimum Gasteiger partial charge on any atom is -0.465 e. The average molecular weight is 431 g/mol. The van der Waals surface area contributed by atoms with Crippen molar-refractivity contribution >= 4 is 17.8 Å². The van der Waals surface area contributed by atoms with E-state index in [1.807, 2.05) is 35.2 Å². The number of nitrogens with zero attached hydrogens (tertiary/aromatic N) is 3. The maximum absolute atomic E-state index is 13.6. The number of hydrogen-bond acceptors (Lipinski definition) is 6. The second-order valence-electron chi connectivity index (χ2n) is 8.27. The molecule has 1 N–H and O–H groups in total. The number of likely N-dealkylation sites (N-methyl/N-ethyl adjacent to an activating group) is 1. The summed E-state index contributed by atoms with van der Waals surface area (Å²) in [6.45, 7) is 6.62. The molecule has 0 spiro atoms. The SMILES string of the molecule is CCOC(=O)CNC(=O)C1CCN(C(=O)[C@@H](c2ccccc2)N2CCN(C)CC2)CC1. The number of piperidine rings is 1. The Kier molecular flexibility index (Phi) is 8.43. The molecule has 2 heterocycles. The van der Waals surface area contributed by atoms with Gasteiger partial charge in [0.05, 0.1) is 6.61 Å². The summed E-state index contributed by atoms with van der Waals surface area (Å²) in [5, 5.41) is 2.66. The van der Waals surface area contributed by atoms with Crippen molar-refractivity contribution in [2.45, 2.75) is 25.8 Å². The van der Waals surface area contributed by atoms with Crippen molar-refractivity contribution < 1.29 is 19.1 Å². The highest BCUT2D eigenvalue weighted by molar-refractivity contribution is 5.85. The Morgan fingerprint density at radius 3 is 2.29 bits per heavy atom. The lowest BCUT2D eigenvalue weighted by Crippen LogP contribution is -2.52. The molecule has 2 fully saturated rings. The van der Waals surface area contributed by atoms with Crippen molar-refractivity contribution in [3.8, 4) is 0 Å². The topological polar surface area (TPSA) is 82.2 Å². The Morgan fingerprint density at radius 1 is 1.03 bits per heavy atom. The van der Waals surface area contributed by atoms with Crippen LogP contribution in [-0.4, -0.2) is 92.0 Å². The Hall–Kier alpha value is -2.45. The van der Waals surface area contributed by atoms with E-state index in [1.54, 1.807) is 6.92 Å². The summed E-state index contributed by atoms with van der Waals surface area (Å²) in [5.41, 5.74) is 1.02. The van der Waals surface area contributed by atoms with Crippen LogP contribution in [0.3, 0.4) is 0 Å². The monoisotopic (exact) mass is 430 g/mol. The van der Waals surface area contributed by atoms with Crippen molar-refractivity contribution in [2.75, 3.05) is 59.5 Å². The van der Waals surface area contributed by atoms with Crippen LogP contribution in [0.25, 0.3) is 0 Å². The van der Waals surface area contributed by atoms with Crippen LogP contribution in [0.15, 0.2) is 30.3 Å². The number of benzene rings is 1. The van der Waals surface area contributed by atoms with Crippen LogP contribution < -0.4 is 5.32 Å². The van der Waals surface area contributed by atoms with Gasteiger partial charge in [-0.3, -0.25) is 19.3 Å². The standard InChI is InChI=1S/C23H34N4O4/c1-3-31-20(28)17-24-22(29)19-9-11-27(12-10-19)23(30)21(18-7-5-4-6-8-18)26-15-13-25(2)14-16-26/h4-8,19,21H,3,9-17H2,1-2H3,(H,24,29)/t21-/m1/s1. The summed E-state index contributed by atoms with van der Waals surface area (Å²) < 4.78 is 4.85. The first kappa shape index (κ1) is 23.2. The maximum atomic E-state index is 13.6. The van der Waals surface area contributed by atoms with Gasteiger partial charge in [0.1, 0.15) is 12.6 Å². The van der Waals surface area contributed by atoms with Crippen LogP contribution >= 0.6 is 0 Å². The van der Waals surface area contributed by atoms with E-state index in [-0.39, 0.29) is 30.3 Å². The zero-order valence-electron chi connectivity index (χ0n) is 18.6. The van der Waals surface area contributed by atoms with Crippen LogP contribution in [-0.2, 0) is 19.1 Å². The zero-order chi connectivity index (χ0) is 22.2. The summed E-state index contributed by atoms with van der Waals surface area (Å²) in [7, 11) is 2.11. The van der Waals surface area contributed by atoms with Crippen LogP contribution in [0.1, 0.15) is 31.4 Å². The van der Waals surface area contributed by atoms with E-state index < -0.39 is 5.97 Å². The molecular weight excluding hydrogens is 396 g/mol. The van der Waals surface area contributed by atoms with E-state index in [0.29, 0.717) is 32.5 Å². The Morgan fingerprint density at radius 2 is 1.68 bits per heavy atom. The fourth-order valence-electron chi connectivity index (χ4n) is 4.28. The van der Waals surface area contributed by atoms with Gasteiger partial charge in [0.25, 0.3) is 0 Å². The second kappa shape index (κ2) is 11.2. The molecule has 1 aromatic carbocycles. The molecule has 2 aliphatic heterocycles. The van der Waals surface area contributed by atoms with Crippen molar-refractivity contribution in [2.24, 2.45) is 5.92 Å². The number of likely N-dealkylation sites (tertiary alicyclic amines) is 1. The van der Waals surface area contributed by atoms with Gasteiger partial charge < -0.3 is 19.9 Å². The predicted octanol–water partition coefficient (Wildman–Crippen LogP) is 0.893. The molecule has 31 heavy (non-hydrogen) atoms. The van der Waals surface area contributed by atoms with Crippen LogP contribution in [0.2, 0.25) is 0 Å². The third-order valence-electron chi connectivity index (χ3n) is 6.14. The van der Waals surface area contributed by atoms with Gasteiger partial charge in [0.2, 0.25) is 11.8 Å². The van der Waals surface area contributed by atoms with Crippen LogP contribution in [0.4, 0.5) is 0 Å². The largest absolute Gasteiger partial charge is 0.465 e. The minimum absolute atomic E-state index is 0.106. The quantitative estimate of drug-likeness (QED) is 0.647. The molecule has 2 saturated heterocycles. The first-order valence-corrected chi connectivity index (χ1v) is 11.2. The molecule has 0 bridgehead atoms. The first-order valence-electron chi connectivity index (χ1n) is 11.2. The third-order valence-corrected chi connectivity index (χ3v) is 6.14. The molecule has 2 amide bonds. The van der Waals surface area contributed by atoms with E-state index in [0.717, 1.165) is 31.7 Å². The predicted molar refractivity (Wildman–Crippen MR) is 117 cm³/mol. The third kappa shape index (κ3) is 6.27. The fraction of sp³-hybridized carbons (Fsp3) is 0.609. The maximum Gasteiger partial charge on any atom is 0.325 e. The van der Waals surface area contributed by atoms with Gasteiger partial charge in [-0.1, -0.05) is 30.3 Å². The number of ether oxygens (including phenoxy) is 1. The van der Waals surface area contributed by atoms with E-state index >= 15 is 0 Å². The highest BCUT2D eigenvalue weighted by atomic mass is 16.5. The second-order valence-corrected chi connectivity index (χ2v) is 8.27. The summed E-state index contributed by atoms with van der Waals surface area (Å²) in [5.74, 6) is -0.640. The summed E-state index contributed by atoms with van der Waals surface area (Å²) in [4.78, 5) is 43.8. The summed E-state index contributed by atoms with van der Waals surface area (Å²) in [6.07, 6.45) is 1.20. The average Bonchev–Trinajstić information content (AvgIpc) is 2.80. The molecule has 8 nitrogen and oxygen atoms in total. The number of carbonyl (C=O) groups is 3. The van der Waals surface area contributed by atoms with E-state index in [2.05, 4.69) is 22.2 Å². The molecule has 3 rings (SSSR count). The zero-order valence-corrected chi connectivity index (χ0v) is 18.6. The van der Waals surface area contributed by atoms with Crippen molar-refractivity contribution in [1.82, 2.24) is 20.0 Å². The van der Waals surface area contributed by atoms with E-state index in [4.69, 9.17) is 4.74 Å². The van der Waals surface area contributed by atoms with Crippen molar-refractivity contribution in [1.29, 1.82) is 0 Å². The van der Waals surface area contributed by atoms with Gasteiger partial charge in [-0.2, -0.15) is 0 Å². The molecule has 0 aromatic heterocycles. The fourth-order valence-corrected chi connectivity index (χ4v) is 4.28. The lowest BCUT2D eigenvalue weighted by Gasteiger charge is -2.40.